The van der Waals surface area contributed by atoms with Gasteiger partial charge in [-0.3, -0.25) is 0 Å². The molecule has 0 saturated carbocycles. The first kappa shape index (κ1) is 19.9. The van der Waals surface area contributed by atoms with Crippen LogP contribution < -0.4 is 24.3 Å². The topological polar surface area (TPSA) is 92.3 Å². The molecule has 4 aromatic rings. The zero-order valence-electron chi connectivity index (χ0n) is 16.5. The Bertz CT molecular complexity index is 1210. The number of fused-ring (bicyclic) bond motifs is 1. The second-order valence-electron chi connectivity index (χ2n) is 6.35. The molecule has 2 N–H and O–H groups in total. The predicted octanol–water partition coefficient (Wildman–Crippen LogP) is 1.58. The van der Waals surface area contributed by atoms with Crippen LogP contribution >= 0.6 is 0 Å². The molecule has 152 valence electrons. The van der Waals surface area contributed by atoms with Gasteiger partial charge in [-0.1, -0.05) is 0 Å². The van der Waals surface area contributed by atoms with Crippen molar-refractivity contribution in [2.75, 3.05) is 13.7 Å². The van der Waals surface area contributed by atoms with E-state index in [0.717, 1.165) is 25.7 Å². The summed E-state index contributed by atoms with van der Waals surface area (Å²) in [6.07, 6.45) is 3.41. The summed E-state index contributed by atoms with van der Waals surface area (Å²) in [6.45, 7) is 2.53. The molecule has 2 heterocycles. The summed E-state index contributed by atoms with van der Waals surface area (Å²) in [4.78, 5) is 20.9. The van der Waals surface area contributed by atoms with E-state index < -0.39 is 5.91 Å². The zero-order valence-corrected chi connectivity index (χ0v) is 18.2. The number of aromatic nitrogens is 3. The average Bonchev–Trinajstić information content (AvgIpc) is 3.11. The number of carbonyl (C=O) groups excluding carboxylic acids is 1. The fraction of sp³-hybridized carbons (Fsp3) is 0.136. The number of nitrogens with zero attached hydrogens (tertiary/aromatic N) is 3. The molecule has 0 spiro atoms. The zero-order chi connectivity index (χ0) is 21.1. The third-order valence-corrected chi connectivity index (χ3v) is 6.71. The minimum absolute atomic E-state index is 0.261. The van der Waals surface area contributed by atoms with Crippen molar-refractivity contribution in [3.8, 4) is 17.4 Å². The van der Waals surface area contributed by atoms with Crippen LogP contribution in [0.3, 0.4) is 0 Å². The summed E-state index contributed by atoms with van der Waals surface area (Å²) in [5.74, 6) is 1.54. The quantitative estimate of drug-likeness (QED) is 0.417. The van der Waals surface area contributed by atoms with Gasteiger partial charge in [-0.25, -0.2) is 0 Å². The number of methoxy groups -OCH3 is 1. The number of rotatable bonds is 7. The van der Waals surface area contributed by atoms with Crippen molar-refractivity contribution in [1.82, 2.24) is 14.5 Å². The van der Waals surface area contributed by atoms with Crippen LogP contribution in [0.15, 0.2) is 60.9 Å². The van der Waals surface area contributed by atoms with Gasteiger partial charge >= 0.3 is 180 Å². The van der Waals surface area contributed by atoms with Gasteiger partial charge in [0.05, 0.1) is 0 Å². The molecule has 0 aliphatic rings. The Morgan fingerprint density at radius 3 is 2.57 bits per heavy atom. The summed E-state index contributed by atoms with van der Waals surface area (Å²) >= 11 is -0.261. The summed E-state index contributed by atoms with van der Waals surface area (Å²) in [5.41, 5.74) is 7.04. The number of nitrogens with two attached hydrogens (primary N) is 1. The van der Waals surface area contributed by atoms with Gasteiger partial charge in [-0.15, -0.1) is 0 Å². The molecule has 0 bridgehead atoms. The van der Waals surface area contributed by atoms with Crippen molar-refractivity contribution in [2.45, 2.75) is 6.92 Å². The Morgan fingerprint density at radius 1 is 1.10 bits per heavy atom. The molecule has 0 radical (unpaired) electrons. The van der Waals surface area contributed by atoms with Crippen molar-refractivity contribution in [2.24, 2.45) is 5.73 Å². The van der Waals surface area contributed by atoms with Crippen LogP contribution in [0.5, 0.6) is 11.5 Å². The fourth-order valence-corrected chi connectivity index (χ4v) is 5.51. The first-order valence-corrected chi connectivity index (χ1v) is 11.0. The van der Waals surface area contributed by atoms with E-state index in [1.807, 2.05) is 35.8 Å². The van der Waals surface area contributed by atoms with Crippen LogP contribution in [-0.2, 0) is 0 Å². The van der Waals surface area contributed by atoms with Gasteiger partial charge in [0.2, 0.25) is 0 Å². The molecule has 1 amide bonds. The van der Waals surface area contributed by atoms with Gasteiger partial charge in [0.15, 0.2) is 0 Å². The maximum atomic E-state index is 12.0. The second kappa shape index (κ2) is 8.57. The summed E-state index contributed by atoms with van der Waals surface area (Å²) in [7, 11) is 1.60. The van der Waals surface area contributed by atoms with E-state index in [9.17, 15) is 4.79 Å². The number of hydrogen-bond acceptors (Lipinski definition) is 5. The van der Waals surface area contributed by atoms with E-state index in [0.29, 0.717) is 23.9 Å². The Balaban J connectivity index is 1.90. The van der Waals surface area contributed by atoms with Gasteiger partial charge in [0.25, 0.3) is 0 Å². The molecule has 8 heteroatoms. The first-order chi connectivity index (χ1) is 14.6. The van der Waals surface area contributed by atoms with Crippen LogP contribution in [0.4, 0.5) is 0 Å². The molecule has 2 aromatic heterocycles. The van der Waals surface area contributed by atoms with E-state index in [-0.39, 0.29) is 15.0 Å². The molecule has 30 heavy (non-hydrogen) atoms. The molecule has 0 aliphatic heterocycles. The number of carbonyl (C=O) groups is 1. The monoisotopic (exact) mass is 468 g/mol. The number of benzene rings is 2. The van der Waals surface area contributed by atoms with E-state index in [1.54, 1.807) is 37.7 Å². The summed E-state index contributed by atoms with van der Waals surface area (Å²) < 4.78 is 14.9. The van der Waals surface area contributed by atoms with E-state index in [4.69, 9.17) is 15.2 Å². The molecule has 0 fully saturated rings. The van der Waals surface area contributed by atoms with Gasteiger partial charge in [0.1, 0.15) is 0 Å². The predicted molar refractivity (Wildman–Crippen MR) is 117 cm³/mol. The molecular formula is C22H20N4O3Se. The molecular weight excluding hydrogens is 447 g/mol. The maximum absolute atomic E-state index is 12.0. The normalized spacial score (nSPS) is 10.9. The number of amides is 1. The molecule has 0 atom stereocenters. The molecule has 0 aliphatic carbocycles. The fourth-order valence-electron chi connectivity index (χ4n) is 3.13. The van der Waals surface area contributed by atoms with Crippen molar-refractivity contribution in [3.63, 3.8) is 0 Å². The first-order valence-electron chi connectivity index (χ1n) is 9.32. The Labute approximate surface area is 180 Å². The van der Waals surface area contributed by atoms with Gasteiger partial charge in [-0.05, 0) is 0 Å². The van der Waals surface area contributed by atoms with Gasteiger partial charge in [-0.2, -0.15) is 0 Å². The number of hydrogen-bond donors (Lipinski definition) is 1. The van der Waals surface area contributed by atoms with Crippen LogP contribution in [-0.4, -0.2) is 49.1 Å². The molecule has 7 nitrogen and oxygen atoms in total. The minimum atomic E-state index is -0.466. The van der Waals surface area contributed by atoms with Crippen LogP contribution in [0.1, 0.15) is 17.3 Å². The van der Waals surface area contributed by atoms with Gasteiger partial charge in [0, 0.05) is 0 Å². The van der Waals surface area contributed by atoms with Crippen LogP contribution in [0.25, 0.3) is 16.9 Å². The van der Waals surface area contributed by atoms with Crippen molar-refractivity contribution in [1.29, 1.82) is 0 Å². The van der Waals surface area contributed by atoms with E-state index in [2.05, 4.69) is 16.0 Å². The van der Waals surface area contributed by atoms with E-state index in [1.165, 1.54) is 0 Å². The van der Waals surface area contributed by atoms with Crippen molar-refractivity contribution < 1.29 is 14.3 Å². The number of primary amides is 1. The average molecular weight is 467 g/mol. The summed E-state index contributed by atoms with van der Waals surface area (Å²) in [5, 5.41) is 1.03. The molecule has 0 unspecified atom stereocenters. The van der Waals surface area contributed by atoms with Crippen LogP contribution in [0, 0.1) is 0 Å². The van der Waals surface area contributed by atoms with E-state index >= 15 is 0 Å². The molecule has 2 aromatic carbocycles. The Morgan fingerprint density at radius 2 is 1.87 bits per heavy atom. The van der Waals surface area contributed by atoms with Crippen LogP contribution in [0.2, 0.25) is 0 Å². The third-order valence-electron chi connectivity index (χ3n) is 4.47. The van der Waals surface area contributed by atoms with Gasteiger partial charge < -0.3 is 0 Å². The molecule has 0 saturated heterocycles. The second-order valence-corrected chi connectivity index (χ2v) is 8.58. The SMILES string of the molecule is CCOc1ccc2cc([Se]c3cc(OC)ccc3C(N)=O)n(-c3ncccn3)c2c1. The Hall–Kier alpha value is -3.35. The Kier molecular flexibility index (Phi) is 5.70. The summed E-state index contributed by atoms with van der Waals surface area (Å²) in [6, 6.07) is 15.1. The number of ether oxygens (including phenoxy) is 2. The third kappa shape index (κ3) is 3.87. The van der Waals surface area contributed by atoms with Crippen molar-refractivity contribution >= 4 is 40.8 Å². The van der Waals surface area contributed by atoms with Crippen molar-refractivity contribution in [3.05, 3.63) is 66.5 Å². The standard InChI is InChI=1S/C22H20N4O3Se/c1-3-29-16-6-5-14-11-20(26(18(14)12-16)22-24-9-4-10-25-22)30-19-13-15(28-2)7-8-17(19)21(23)27/h4-13H,3H2,1-2H3,(H2,23,27). The molecule has 4 rings (SSSR count).